The van der Waals surface area contributed by atoms with Gasteiger partial charge in [0.05, 0.1) is 0 Å². The van der Waals surface area contributed by atoms with Crippen molar-refractivity contribution in [3.8, 4) is 0 Å². The predicted molar refractivity (Wildman–Crippen MR) is 111 cm³/mol. The molecule has 1 rings (SSSR count). The Hall–Kier alpha value is -3.75. The van der Waals surface area contributed by atoms with Crippen molar-refractivity contribution >= 4 is 29.7 Å². The molecule has 2 atom stereocenters. The monoisotopic (exact) mass is 452 g/mol. The number of amides is 5. The van der Waals surface area contributed by atoms with E-state index in [1.165, 1.54) is 0 Å². The van der Waals surface area contributed by atoms with Gasteiger partial charge in [-0.25, -0.2) is 22.3 Å². The van der Waals surface area contributed by atoms with Crippen LogP contribution in [0.4, 0.5) is 4.79 Å². The van der Waals surface area contributed by atoms with E-state index in [4.69, 9.17) is 22.3 Å². The summed E-state index contributed by atoms with van der Waals surface area (Å²) >= 11 is 0. The normalized spacial score (nSPS) is 12.0. The Morgan fingerprint density at radius 2 is 1.28 bits per heavy atom. The number of hydrazine groups is 3. The summed E-state index contributed by atoms with van der Waals surface area (Å²) in [6, 6.07) is 6.40. The number of alkyl carbamates (subject to hydrolysis) is 1. The van der Waals surface area contributed by atoms with Crippen LogP contribution in [0.1, 0.15) is 31.2 Å². The molecule has 0 saturated heterocycles. The molecule has 0 aromatic heterocycles. The van der Waals surface area contributed by atoms with Crippen LogP contribution < -0.4 is 44.4 Å². The Morgan fingerprint density at radius 1 is 0.750 bits per heavy atom. The Balaban J connectivity index is 2.80. The Morgan fingerprint density at radius 3 is 1.78 bits per heavy atom. The highest BCUT2D eigenvalue weighted by atomic mass is 16.5. The van der Waals surface area contributed by atoms with Crippen molar-refractivity contribution in [1.82, 2.24) is 26.9 Å². The maximum Gasteiger partial charge on any atom is 0.408 e. The zero-order valence-corrected chi connectivity index (χ0v) is 17.3. The lowest BCUT2D eigenvalue weighted by Gasteiger charge is -2.22. The molecule has 14 heteroatoms. The van der Waals surface area contributed by atoms with Gasteiger partial charge in [-0.15, -0.1) is 0 Å². The van der Waals surface area contributed by atoms with E-state index in [9.17, 15) is 24.0 Å². The number of hydrogen-bond acceptors (Lipinski definition) is 9. The first-order chi connectivity index (χ1) is 15.3. The van der Waals surface area contributed by atoms with E-state index in [1.54, 1.807) is 30.3 Å². The molecular weight excluding hydrogens is 424 g/mol. The van der Waals surface area contributed by atoms with Gasteiger partial charge in [0.2, 0.25) is 17.7 Å². The number of nitrogens with two attached hydrogens (primary N) is 3. The highest BCUT2D eigenvalue weighted by molar-refractivity contribution is 5.91. The second-order valence-corrected chi connectivity index (χ2v) is 6.54. The number of nitrogens with one attached hydrogen (secondary N) is 5. The number of carbonyl (C=O) groups excluding carboxylic acids is 5. The fourth-order valence-electron chi connectivity index (χ4n) is 2.51. The van der Waals surface area contributed by atoms with Crippen LogP contribution in [-0.2, 0) is 30.5 Å². The van der Waals surface area contributed by atoms with Gasteiger partial charge >= 0.3 is 6.09 Å². The fraction of sp³-hybridized carbons (Fsp3) is 0.389. The molecule has 0 heterocycles. The zero-order valence-electron chi connectivity index (χ0n) is 17.3. The Labute approximate surface area is 183 Å². The van der Waals surface area contributed by atoms with Crippen LogP contribution in [0, 0.1) is 0 Å². The summed E-state index contributed by atoms with van der Waals surface area (Å²) in [5.74, 6) is 12.5. The molecule has 0 spiro atoms. The van der Waals surface area contributed by atoms with E-state index >= 15 is 0 Å². The molecule has 11 N–H and O–H groups in total. The van der Waals surface area contributed by atoms with E-state index in [0.29, 0.717) is 0 Å². The third kappa shape index (κ3) is 9.84. The Bertz CT molecular complexity index is 791. The largest absolute Gasteiger partial charge is 0.445 e. The fourth-order valence-corrected chi connectivity index (χ4v) is 2.51. The number of rotatable bonds is 12. The van der Waals surface area contributed by atoms with Crippen molar-refractivity contribution in [3.05, 3.63) is 35.9 Å². The summed E-state index contributed by atoms with van der Waals surface area (Å²) in [5.41, 5.74) is 6.42. The van der Waals surface area contributed by atoms with Crippen LogP contribution in [0.2, 0.25) is 0 Å². The molecule has 0 saturated carbocycles. The summed E-state index contributed by atoms with van der Waals surface area (Å²) in [5, 5.41) is 4.73. The number of ether oxygens (including phenoxy) is 1. The van der Waals surface area contributed by atoms with Gasteiger partial charge in [0.25, 0.3) is 5.91 Å². The van der Waals surface area contributed by atoms with Crippen LogP contribution in [0.25, 0.3) is 0 Å². The first-order valence-electron chi connectivity index (χ1n) is 9.57. The van der Waals surface area contributed by atoms with Crippen molar-refractivity contribution in [1.29, 1.82) is 0 Å². The Kier molecular flexibility index (Phi) is 11.7. The second kappa shape index (κ2) is 14.3. The molecule has 0 aliphatic carbocycles. The van der Waals surface area contributed by atoms with E-state index in [2.05, 4.69) is 10.6 Å². The molecule has 0 aliphatic rings. The minimum absolute atomic E-state index is 0.0449. The van der Waals surface area contributed by atoms with Crippen LogP contribution in [0.5, 0.6) is 0 Å². The van der Waals surface area contributed by atoms with Gasteiger partial charge < -0.3 is 15.4 Å². The second-order valence-electron chi connectivity index (χ2n) is 6.54. The first-order valence-corrected chi connectivity index (χ1v) is 9.57. The molecular formula is C18H28N8O6. The van der Waals surface area contributed by atoms with Crippen molar-refractivity contribution in [2.24, 2.45) is 17.5 Å². The minimum Gasteiger partial charge on any atom is -0.445 e. The minimum atomic E-state index is -1.24. The van der Waals surface area contributed by atoms with Crippen molar-refractivity contribution in [3.63, 3.8) is 0 Å². The van der Waals surface area contributed by atoms with Crippen LogP contribution >= 0.6 is 0 Å². The predicted octanol–water partition coefficient (Wildman–Crippen LogP) is -2.70. The standard InChI is InChI=1S/C18H28N8O6/c19-24-14(27)8-6-12(23-18(31)32-10-11-4-2-1-3-5-11)16(29)22-13(17(30)26-21)7-9-15(28)25-20/h1-5,12-13H,6-10,19-21H2,(H,22,29)(H,23,31)(H,24,27)(H,25,28)(H,26,30)/t12-,13-/m0/s1. The topological polar surface area (TPSA) is 233 Å². The number of benzene rings is 1. The number of hydrogen-bond donors (Lipinski definition) is 8. The average molecular weight is 452 g/mol. The van der Waals surface area contributed by atoms with Crippen LogP contribution in [0.3, 0.4) is 0 Å². The summed E-state index contributed by atoms with van der Waals surface area (Å²) in [7, 11) is 0. The van der Waals surface area contributed by atoms with Crippen molar-refractivity contribution < 1.29 is 28.7 Å². The molecule has 1 aromatic carbocycles. The lowest BCUT2D eigenvalue weighted by molar-refractivity contribution is -0.131. The maximum atomic E-state index is 12.7. The van der Waals surface area contributed by atoms with E-state index in [-0.39, 0.29) is 32.3 Å². The molecule has 14 nitrogen and oxygen atoms in total. The molecule has 5 amide bonds. The van der Waals surface area contributed by atoms with Gasteiger partial charge in [0.15, 0.2) is 0 Å². The van der Waals surface area contributed by atoms with Gasteiger partial charge in [-0.1, -0.05) is 30.3 Å². The number of carbonyl (C=O) groups is 5. The summed E-state index contributed by atoms with van der Waals surface area (Å²) in [6.45, 7) is -0.0449. The summed E-state index contributed by atoms with van der Waals surface area (Å²) < 4.78 is 5.09. The molecule has 1 aromatic rings. The van der Waals surface area contributed by atoms with Crippen molar-refractivity contribution in [2.75, 3.05) is 0 Å². The van der Waals surface area contributed by atoms with Gasteiger partial charge in [-0.2, -0.15) is 0 Å². The third-order valence-corrected chi connectivity index (χ3v) is 4.24. The molecule has 0 bridgehead atoms. The molecule has 176 valence electrons. The van der Waals surface area contributed by atoms with E-state index in [1.807, 2.05) is 16.3 Å². The van der Waals surface area contributed by atoms with Crippen LogP contribution in [-0.4, -0.2) is 41.8 Å². The van der Waals surface area contributed by atoms with Gasteiger partial charge in [-0.05, 0) is 18.4 Å². The highest BCUT2D eigenvalue weighted by Crippen LogP contribution is 2.05. The van der Waals surface area contributed by atoms with E-state index < -0.39 is 41.8 Å². The molecule has 0 aliphatic heterocycles. The highest BCUT2D eigenvalue weighted by Gasteiger charge is 2.27. The smallest absolute Gasteiger partial charge is 0.408 e. The summed E-state index contributed by atoms with van der Waals surface area (Å²) in [4.78, 5) is 59.7. The van der Waals surface area contributed by atoms with Gasteiger partial charge in [0.1, 0.15) is 18.7 Å². The lowest BCUT2D eigenvalue weighted by Crippen LogP contribution is -2.55. The van der Waals surface area contributed by atoms with Crippen molar-refractivity contribution in [2.45, 2.75) is 44.4 Å². The molecule has 32 heavy (non-hydrogen) atoms. The first kappa shape index (κ1) is 26.3. The maximum absolute atomic E-state index is 12.7. The molecule has 0 radical (unpaired) electrons. The van der Waals surface area contributed by atoms with Crippen LogP contribution in [0.15, 0.2) is 30.3 Å². The SMILES string of the molecule is NNC(=O)CC[C@H](NC(=O)OCc1ccccc1)C(=O)N[C@@H](CCC(=O)NN)C(=O)NN. The lowest BCUT2D eigenvalue weighted by atomic mass is 10.1. The van der Waals surface area contributed by atoms with Gasteiger partial charge in [-0.3, -0.25) is 35.5 Å². The quantitative estimate of drug-likeness (QED) is 0.0934. The molecule has 0 fully saturated rings. The average Bonchev–Trinajstić information content (AvgIpc) is 2.82. The zero-order chi connectivity index (χ0) is 23.9. The van der Waals surface area contributed by atoms with E-state index in [0.717, 1.165) is 5.56 Å². The third-order valence-electron chi connectivity index (χ3n) is 4.24. The molecule has 0 unspecified atom stereocenters. The van der Waals surface area contributed by atoms with Gasteiger partial charge in [0, 0.05) is 12.8 Å². The summed E-state index contributed by atoms with van der Waals surface area (Å²) in [6.07, 6.45) is -1.55.